The lowest BCUT2D eigenvalue weighted by atomic mass is 9.98. The predicted octanol–water partition coefficient (Wildman–Crippen LogP) is 9.92. The summed E-state index contributed by atoms with van der Waals surface area (Å²) < 4.78 is 19.0. The van der Waals surface area contributed by atoms with Crippen molar-refractivity contribution >= 4 is 10.9 Å². The van der Waals surface area contributed by atoms with Crippen LogP contribution in [0.15, 0.2) is 87.5 Å². The number of hydrogen-bond acceptors (Lipinski definition) is 3. The van der Waals surface area contributed by atoms with Crippen LogP contribution in [-0.4, -0.2) is 18.3 Å². The predicted molar refractivity (Wildman–Crippen MR) is 164 cm³/mol. The first kappa shape index (κ1) is 27.6. The van der Waals surface area contributed by atoms with Gasteiger partial charge in [-0.25, -0.2) is 0 Å². The number of benzene rings is 3. The summed E-state index contributed by atoms with van der Waals surface area (Å²) in [5.74, 6) is 2.98. The smallest absolute Gasteiger partial charge is 0.166 e. The number of hydrogen-bond donors (Lipinski definition) is 0. The molecule has 3 aromatic carbocycles. The fourth-order valence-electron chi connectivity index (χ4n) is 6.50. The van der Waals surface area contributed by atoms with E-state index in [2.05, 4.69) is 72.8 Å². The highest BCUT2D eigenvalue weighted by Gasteiger charge is 2.30. The fourth-order valence-corrected chi connectivity index (χ4v) is 8.54. The quantitative estimate of drug-likeness (QED) is 0.245. The van der Waals surface area contributed by atoms with Gasteiger partial charge in [-0.15, -0.1) is 0 Å². The third-order valence-corrected chi connectivity index (χ3v) is 11.0. The van der Waals surface area contributed by atoms with E-state index in [1.165, 1.54) is 111 Å². The summed E-state index contributed by atoms with van der Waals surface area (Å²) in [4.78, 5) is 3.91. The number of ether oxygens (including phenoxy) is 3. The third-order valence-electron chi connectivity index (χ3n) is 8.74. The van der Waals surface area contributed by atoms with E-state index in [0.29, 0.717) is 18.3 Å². The molecule has 40 heavy (non-hydrogen) atoms. The Bertz CT molecular complexity index is 1010. The van der Waals surface area contributed by atoms with Crippen LogP contribution in [0.3, 0.4) is 0 Å². The van der Waals surface area contributed by atoms with Gasteiger partial charge >= 0.3 is 0 Å². The standard InChI is InChI=1S/C36H45O3S/c1-4-10-28(11-5-1)37-31-16-22-34(23-17-31)40(35-24-18-32(19-25-35)38-29-12-6-2-7-13-29)36-26-20-33(21-27-36)39-30-14-8-3-9-15-30/h16-30H,1-15H2/q+1. The highest BCUT2D eigenvalue weighted by atomic mass is 32.2. The number of rotatable bonds is 9. The molecule has 3 aromatic rings. The van der Waals surface area contributed by atoms with Crippen LogP contribution in [0, 0.1) is 0 Å². The highest BCUT2D eigenvalue weighted by molar-refractivity contribution is 7.97. The average molecular weight is 558 g/mol. The summed E-state index contributed by atoms with van der Waals surface area (Å²) in [5, 5.41) is 0. The maximum Gasteiger partial charge on any atom is 0.166 e. The van der Waals surface area contributed by atoms with Crippen molar-refractivity contribution in [3.05, 3.63) is 72.8 Å². The lowest BCUT2D eigenvalue weighted by Crippen LogP contribution is -2.19. The minimum atomic E-state index is -0.226. The molecule has 3 nitrogen and oxygen atoms in total. The summed E-state index contributed by atoms with van der Waals surface area (Å²) in [6, 6.07) is 26.6. The van der Waals surface area contributed by atoms with Crippen LogP contribution >= 0.6 is 0 Å². The largest absolute Gasteiger partial charge is 0.490 e. The van der Waals surface area contributed by atoms with Crippen molar-refractivity contribution in [3.8, 4) is 17.2 Å². The molecule has 3 fully saturated rings. The molecule has 0 spiro atoms. The van der Waals surface area contributed by atoms with Gasteiger partial charge in [0.2, 0.25) is 0 Å². The molecular weight excluding hydrogens is 512 g/mol. The topological polar surface area (TPSA) is 27.7 Å². The average Bonchev–Trinajstić information content (AvgIpc) is 3.01. The monoisotopic (exact) mass is 557 g/mol. The van der Waals surface area contributed by atoms with Crippen molar-refractivity contribution in [1.82, 2.24) is 0 Å². The molecule has 0 radical (unpaired) electrons. The van der Waals surface area contributed by atoms with Crippen LogP contribution in [-0.2, 0) is 10.9 Å². The molecule has 3 aliphatic rings. The second-order valence-corrected chi connectivity index (χ2v) is 13.9. The lowest BCUT2D eigenvalue weighted by molar-refractivity contribution is 0.155. The van der Waals surface area contributed by atoms with Crippen LogP contribution in [0.1, 0.15) is 96.3 Å². The SMILES string of the molecule is c1cc([S+](c2ccc(OC3CCCCC3)cc2)c2ccc(OC3CCCCC3)cc2)ccc1OC1CCCCC1. The van der Waals surface area contributed by atoms with Crippen LogP contribution in [0.2, 0.25) is 0 Å². The Labute approximate surface area is 244 Å². The first-order valence-corrected chi connectivity index (χ1v) is 17.1. The van der Waals surface area contributed by atoms with Crippen molar-refractivity contribution in [3.63, 3.8) is 0 Å². The van der Waals surface area contributed by atoms with Crippen molar-refractivity contribution < 1.29 is 14.2 Å². The van der Waals surface area contributed by atoms with Gasteiger partial charge in [-0.3, -0.25) is 0 Å². The second-order valence-electron chi connectivity index (χ2n) is 11.9. The molecule has 6 rings (SSSR count). The van der Waals surface area contributed by atoms with Gasteiger partial charge in [0.05, 0.1) is 29.2 Å². The Kier molecular flexibility index (Phi) is 9.55. The first-order valence-electron chi connectivity index (χ1n) is 15.8. The van der Waals surface area contributed by atoms with Gasteiger partial charge in [0.15, 0.2) is 14.7 Å². The van der Waals surface area contributed by atoms with E-state index in [9.17, 15) is 0 Å². The summed E-state index contributed by atoms with van der Waals surface area (Å²) in [7, 11) is -0.226. The minimum Gasteiger partial charge on any atom is -0.490 e. The molecule has 0 aromatic heterocycles. The molecule has 0 amide bonds. The molecule has 3 aliphatic carbocycles. The molecule has 0 unspecified atom stereocenters. The Morgan fingerprint density at radius 3 is 0.850 bits per heavy atom. The van der Waals surface area contributed by atoms with E-state index >= 15 is 0 Å². The fraction of sp³-hybridized carbons (Fsp3) is 0.500. The van der Waals surface area contributed by atoms with Gasteiger partial charge in [0, 0.05) is 0 Å². The molecule has 4 heteroatoms. The normalized spacial score (nSPS) is 19.4. The molecule has 0 N–H and O–H groups in total. The molecule has 212 valence electrons. The van der Waals surface area contributed by atoms with Crippen LogP contribution in [0.5, 0.6) is 17.2 Å². The zero-order valence-corrected chi connectivity index (χ0v) is 24.7. The maximum atomic E-state index is 6.35. The Morgan fingerprint density at radius 1 is 0.350 bits per heavy atom. The van der Waals surface area contributed by atoms with E-state index in [1.807, 2.05) is 0 Å². The van der Waals surface area contributed by atoms with Crippen LogP contribution in [0.25, 0.3) is 0 Å². The van der Waals surface area contributed by atoms with E-state index in [4.69, 9.17) is 14.2 Å². The van der Waals surface area contributed by atoms with E-state index in [1.54, 1.807) is 0 Å². The van der Waals surface area contributed by atoms with Crippen molar-refractivity contribution in [2.24, 2.45) is 0 Å². The van der Waals surface area contributed by atoms with Crippen molar-refractivity contribution in [2.45, 2.75) is 129 Å². The van der Waals surface area contributed by atoms with E-state index in [-0.39, 0.29) is 10.9 Å². The van der Waals surface area contributed by atoms with Gasteiger partial charge in [-0.2, -0.15) is 0 Å². The van der Waals surface area contributed by atoms with Gasteiger partial charge in [-0.05, 0) is 150 Å². The molecular formula is C36H45O3S+. The lowest BCUT2D eigenvalue weighted by Gasteiger charge is -2.23. The van der Waals surface area contributed by atoms with Gasteiger partial charge in [0.25, 0.3) is 0 Å². The minimum absolute atomic E-state index is 0.226. The second kappa shape index (κ2) is 13.9. The van der Waals surface area contributed by atoms with Gasteiger partial charge < -0.3 is 14.2 Å². The molecule has 0 aliphatic heterocycles. The Balaban J connectivity index is 1.21. The molecule has 0 saturated heterocycles. The molecule has 0 atom stereocenters. The molecule has 3 saturated carbocycles. The van der Waals surface area contributed by atoms with E-state index < -0.39 is 0 Å². The zero-order chi connectivity index (χ0) is 27.0. The van der Waals surface area contributed by atoms with E-state index in [0.717, 1.165) is 17.2 Å². The Morgan fingerprint density at radius 2 is 0.600 bits per heavy atom. The Hall–Kier alpha value is -2.59. The van der Waals surface area contributed by atoms with Crippen molar-refractivity contribution in [2.75, 3.05) is 0 Å². The summed E-state index contributed by atoms with van der Waals surface area (Å²) in [6.45, 7) is 0. The molecule has 0 heterocycles. The summed E-state index contributed by atoms with van der Waals surface area (Å²) >= 11 is 0. The molecule has 0 bridgehead atoms. The van der Waals surface area contributed by atoms with Gasteiger partial charge in [-0.1, -0.05) is 19.3 Å². The van der Waals surface area contributed by atoms with Gasteiger partial charge in [0.1, 0.15) is 17.2 Å². The first-order chi connectivity index (χ1) is 19.8. The highest BCUT2D eigenvalue weighted by Crippen LogP contribution is 2.35. The third kappa shape index (κ3) is 7.37. The summed E-state index contributed by atoms with van der Waals surface area (Å²) in [5.41, 5.74) is 0. The summed E-state index contributed by atoms with van der Waals surface area (Å²) in [6.07, 6.45) is 19.9. The van der Waals surface area contributed by atoms with Crippen molar-refractivity contribution in [1.29, 1.82) is 0 Å². The van der Waals surface area contributed by atoms with Crippen LogP contribution in [0.4, 0.5) is 0 Å². The van der Waals surface area contributed by atoms with Crippen LogP contribution < -0.4 is 14.2 Å². The maximum absolute atomic E-state index is 6.35. The zero-order valence-electron chi connectivity index (χ0n) is 23.9.